The zero-order valence-corrected chi connectivity index (χ0v) is 13.5. The molecule has 0 amide bonds. The van der Waals surface area contributed by atoms with Gasteiger partial charge in [0.25, 0.3) is 0 Å². The summed E-state index contributed by atoms with van der Waals surface area (Å²) in [5, 5.41) is 19.7. The van der Waals surface area contributed by atoms with Gasteiger partial charge in [0.05, 0.1) is 12.2 Å². The SMILES string of the molecule is CC12CCC3(O)OC(CCCC#N)CCC3C1CCCC2=O. The molecule has 0 aromatic rings. The molecule has 1 aliphatic heterocycles. The maximum atomic E-state index is 12.4. The van der Waals surface area contributed by atoms with Crippen molar-refractivity contribution in [3.05, 3.63) is 0 Å². The third-order valence-electron chi connectivity index (χ3n) is 6.43. The largest absolute Gasteiger partial charge is 0.365 e. The molecule has 22 heavy (non-hydrogen) atoms. The maximum Gasteiger partial charge on any atom is 0.168 e. The van der Waals surface area contributed by atoms with Crippen molar-refractivity contribution in [2.75, 3.05) is 0 Å². The van der Waals surface area contributed by atoms with Crippen LogP contribution in [0.25, 0.3) is 0 Å². The summed E-state index contributed by atoms with van der Waals surface area (Å²) in [6, 6.07) is 2.16. The van der Waals surface area contributed by atoms with Gasteiger partial charge in [-0.2, -0.15) is 5.26 Å². The fourth-order valence-corrected chi connectivity index (χ4v) is 5.10. The lowest BCUT2D eigenvalue weighted by Crippen LogP contribution is -2.60. The zero-order valence-electron chi connectivity index (χ0n) is 13.5. The summed E-state index contributed by atoms with van der Waals surface area (Å²) < 4.78 is 6.09. The maximum absolute atomic E-state index is 12.4. The predicted molar refractivity (Wildman–Crippen MR) is 81.7 cm³/mol. The molecule has 3 fully saturated rings. The van der Waals surface area contributed by atoms with Crippen molar-refractivity contribution in [1.82, 2.24) is 0 Å². The van der Waals surface area contributed by atoms with Gasteiger partial charge in [-0.15, -0.1) is 0 Å². The minimum Gasteiger partial charge on any atom is -0.365 e. The Morgan fingerprint density at radius 1 is 1.32 bits per heavy atom. The van der Waals surface area contributed by atoms with Crippen molar-refractivity contribution < 1.29 is 14.6 Å². The number of ketones is 1. The smallest absolute Gasteiger partial charge is 0.168 e. The van der Waals surface area contributed by atoms with Crippen LogP contribution in [-0.4, -0.2) is 22.8 Å². The molecule has 1 N–H and O–H groups in total. The molecule has 0 radical (unpaired) electrons. The highest BCUT2D eigenvalue weighted by atomic mass is 16.6. The summed E-state index contributed by atoms with van der Waals surface area (Å²) >= 11 is 0. The van der Waals surface area contributed by atoms with Crippen LogP contribution < -0.4 is 0 Å². The lowest BCUT2D eigenvalue weighted by atomic mass is 9.53. The van der Waals surface area contributed by atoms with Crippen LogP contribution in [0.3, 0.4) is 0 Å². The van der Waals surface area contributed by atoms with Crippen LogP contribution >= 0.6 is 0 Å². The summed E-state index contributed by atoms with van der Waals surface area (Å²) in [6.45, 7) is 2.11. The number of nitrogens with zero attached hydrogens (tertiary/aromatic N) is 1. The van der Waals surface area contributed by atoms with Crippen LogP contribution in [0.15, 0.2) is 0 Å². The van der Waals surface area contributed by atoms with Gasteiger partial charge in [-0.25, -0.2) is 0 Å². The standard InChI is InChI=1S/C18H27NO3/c1-17-10-11-18(21)15(14(17)6-4-7-16(17)20)9-8-13(22-18)5-2-3-12-19/h13-15,21H,2-11H2,1H3. The van der Waals surface area contributed by atoms with Gasteiger partial charge in [0.15, 0.2) is 5.79 Å². The first kappa shape index (κ1) is 16.0. The number of carbonyl (C=O) groups is 1. The second kappa shape index (κ2) is 5.94. The first-order valence-electron chi connectivity index (χ1n) is 8.80. The van der Waals surface area contributed by atoms with E-state index in [2.05, 4.69) is 13.0 Å². The van der Waals surface area contributed by atoms with E-state index < -0.39 is 5.79 Å². The quantitative estimate of drug-likeness (QED) is 0.812. The molecule has 0 aromatic carbocycles. The van der Waals surface area contributed by atoms with E-state index in [9.17, 15) is 9.90 Å². The lowest BCUT2D eigenvalue weighted by Gasteiger charge is -2.57. The number of hydrogen-bond acceptors (Lipinski definition) is 4. The molecule has 1 heterocycles. The van der Waals surface area contributed by atoms with Crippen molar-refractivity contribution in [1.29, 1.82) is 5.26 Å². The van der Waals surface area contributed by atoms with E-state index in [1.807, 2.05) is 0 Å². The molecule has 1 saturated heterocycles. The fraction of sp³-hybridized carbons (Fsp3) is 0.889. The molecule has 0 spiro atoms. The Kier molecular flexibility index (Phi) is 4.31. The topological polar surface area (TPSA) is 70.3 Å². The van der Waals surface area contributed by atoms with E-state index >= 15 is 0 Å². The highest BCUT2D eigenvalue weighted by molar-refractivity contribution is 5.85. The van der Waals surface area contributed by atoms with Gasteiger partial charge in [-0.3, -0.25) is 4.79 Å². The fourth-order valence-electron chi connectivity index (χ4n) is 5.10. The molecule has 2 aliphatic carbocycles. The molecule has 122 valence electrons. The number of Topliss-reactive ketones (excluding diaryl/α,β-unsaturated/α-hetero) is 1. The molecular weight excluding hydrogens is 278 g/mol. The van der Waals surface area contributed by atoms with E-state index in [-0.39, 0.29) is 23.4 Å². The number of aliphatic hydroxyl groups is 1. The Morgan fingerprint density at radius 2 is 2.14 bits per heavy atom. The van der Waals surface area contributed by atoms with Crippen molar-refractivity contribution in [2.45, 2.75) is 83.0 Å². The van der Waals surface area contributed by atoms with Crippen LogP contribution in [0.2, 0.25) is 0 Å². The van der Waals surface area contributed by atoms with E-state index in [0.29, 0.717) is 25.0 Å². The second-order valence-corrected chi connectivity index (χ2v) is 7.66. The summed E-state index contributed by atoms with van der Waals surface area (Å²) in [7, 11) is 0. The Labute approximate surface area is 132 Å². The molecule has 0 aromatic heterocycles. The van der Waals surface area contributed by atoms with Gasteiger partial charge in [0.2, 0.25) is 0 Å². The lowest BCUT2D eigenvalue weighted by molar-refractivity contribution is -0.318. The second-order valence-electron chi connectivity index (χ2n) is 7.66. The molecule has 3 rings (SSSR count). The van der Waals surface area contributed by atoms with Crippen molar-refractivity contribution >= 4 is 5.78 Å². The highest BCUT2D eigenvalue weighted by Gasteiger charge is 2.59. The average molecular weight is 305 g/mol. The highest BCUT2D eigenvalue weighted by Crippen LogP contribution is 2.57. The molecule has 5 unspecified atom stereocenters. The Morgan fingerprint density at radius 3 is 2.91 bits per heavy atom. The Hall–Kier alpha value is -0.920. The minimum atomic E-state index is -1.04. The van der Waals surface area contributed by atoms with E-state index in [1.54, 1.807) is 0 Å². The minimum absolute atomic E-state index is 0.0678. The molecule has 5 atom stereocenters. The van der Waals surface area contributed by atoms with Gasteiger partial charge in [-0.05, 0) is 50.9 Å². The molecular formula is C18H27NO3. The number of unbranched alkanes of at least 4 members (excludes halogenated alkanes) is 1. The number of ether oxygens (including phenoxy) is 1. The van der Waals surface area contributed by atoms with Crippen molar-refractivity contribution in [2.24, 2.45) is 17.3 Å². The first-order chi connectivity index (χ1) is 10.5. The van der Waals surface area contributed by atoms with Crippen LogP contribution in [0.5, 0.6) is 0 Å². The molecule has 2 saturated carbocycles. The van der Waals surface area contributed by atoms with Gasteiger partial charge < -0.3 is 9.84 Å². The molecule has 4 nitrogen and oxygen atoms in total. The van der Waals surface area contributed by atoms with Crippen LogP contribution in [0.4, 0.5) is 0 Å². The normalized spacial score (nSPS) is 44.8. The number of rotatable bonds is 3. The molecule has 4 heteroatoms. The van der Waals surface area contributed by atoms with Crippen LogP contribution in [0, 0.1) is 28.6 Å². The van der Waals surface area contributed by atoms with Gasteiger partial charge in [-0.1, -0.05) is 6.92 Å². The number of hydrogen-bond donors (Lipinski definition) is 1. The van der Waals surface area contributed by atoms with E-state index in [0.717, 1.165) is 44.9 Å². The summed E-state index contributed by atoms with van der Waals surface area (Å²) in [4.78, 5) is 12.4. The summed E-state index contributed by atoms with van der Waals surface area (Å²) in [6.07, 6.45) is 8.21. The van der Waals surface area contributed by atoms with Crippen LogP contribution in [-0.2, 0) is 9.53 Å². The van der Waals surface area contributed by atoms with Crippen molar-refractivity contribution in [3.8, 4) is 6.07 Å². The first-order valence-corrected chi connectivity index (χ1v) is 8.80. The van der Waals surface area contributed by atoms with Crippen molar-refractivity contribution in [3.63, 3.8) is 0 Å². The third-order valence-corrected chi connectivity index (χ3v) is 6.43. The summed E-state index contributed by atoms with van der Waals surface area (Å²) in [5.41, 5.74) is -0.244. The number of carbonyl (C=O) groups excluding carboxylic acids is 1. The van der Waals surface area contributed by atoms with Gasteiger partial charge >= 0.3 is 0 Å². The van der Waals surface area contributed by atoms with Gasteiger partial charge in [0.1, 0.15) is 5.78 Å². The number of nitriles is 1. The zero-order chi connectivity index (χ0) is 15.8. The monoisotopic (exact) mass is 305 g/mol. The molecule has 3 aliphatic rings. The van der Waals surface area contributed by atoms with Gasteiger partial charge in [0, 0.05) is 30.6 Å². The summed E-state index contributed by atoms with van der Waals surface area (Å²) in [5.74, 6) is -0.283. The third kappa shape index (κ3) is 2.59. The predicted octanol–water partition coefficient (Wildman–Crippen LogP) is 3.33. The van der Waals surface area contributed by atoms with E-state index in [1.165, 1.54) is 0 Å². The number of fused-ring (bicyclic) bond motifs is 3. The Bertz CT molecular complexity index is 485. The molecule has 0 bridgehead atoms. The van der Waals surface area contributed by atoms with E-state index in [4.69, 9.17) is 10.00 Å². The van der Waals surface area contributed by atoms with Crippen LogP contribution in [0.1, 0.15) is 71.1 Å². The average Bonchev–Trinajstić information content (AvgIpc) is 2.49. The Balaban J connectivity index is 1.71.